The number of hydrogen-bond acceptors (Lipinski definition) is 3. The maximum absolute atomic E-state index is 12.2. The molecular formula is C18H21N3OS. The molecule has 0 radical (unpaired) electrons. The third-order valence-electron chi connectivity index (χ3n) is 3.57. The minimum Gasteiger partial charge on any atom is -0.399 e. The Balaban J connectivity index is 2.00. The number of amides is 1. The molecule has 120 valence electrons. The van der Waals surface area contributed by atoms with Crippen molar-refractivity contribution >= 4 is 34.6 Å². The fraction of sp³-hybridized carbons (Fsp3) is 0.222. The van der Waals surface area contributed by atoms with Crippen LogP contribution in [0.15, 0.2) is 42.5 Å². The highest BCUT2D eigenvalue weighted by Gasteiger charge is 2.09. The van der Waals surface area contributed by atoms with Gasteiger partial charge in [-0.25, -0.2) is 0 Å². The van der Waals surface area contributed by atoms with Gasteiger partial charge in [-0.2, -0.15) is 0 Å². The Morgan fingerprint density at radius 3 is 2.35 bits per heavy atom. The van der Waals surface area contributed by atoms with Crippen LogP contribution in [0.1, 0.15) is 41.3 Å². The first-order chi connectivity index (χ1) is 10.9. The minimum atomic E-state index is -0.231. The molecule has 1 amide bonds. The van der Waals surface area contributed by atoms with E-state index < -0.39 is 0 Å². The molecule has 0 aliphatic heterocycles. The molecule has 4 nitrogen and oxygen atoms in total. The first-order valence-electron chi connectivity index (χ1n) is 7.45. The summed E-state index contributed by atoms with van der Waals surface area (Å²) in [5.74, 6) is 0.203. The number of anilines is 2. The predicted octanol–water partition coefficient (Wildman–Crippen LogP) is 3.83. The number of carbonyl (C=O) groups excluding carboxylic acids is 1. The van der Waals surface area contributed by atoms with Crippen LogP contribution in [-0.2, 0) is 0 Å². The fourth-order valence-corrected chi connectivity index (χ4v) is 2.38. The van der Waals surface area contributed by atoms with Gasteiger partial charge >= 0.3 is 0 Å². The second-order valence-electron chi connectivity index (χ2n) is 5.76. The smallest absolute Gasteiger partial charge is 0.257 e. The summed E-state index contributed by atoms with van der Waals surface area (Å²) in [4.78, 5) is 12.2. The maximum atomic E-state index is 12.2. The molecule has 0 fully saturated rings. The van der Waals surface area contributed by atoms with E-state index in [2.05, 4.69) is 24.5 Å². The molecule has 5 heteroatoms. The molecule has 0 saturated heterocycles. The Morgan fingerprint density at radius 2 is 1.78 bits per heavy atom. The Morgan fingerprint density at radius 1 is 1.13 bits per heavy atom. The molecule has 2 aromatic carbocycles. The molecule has 0 heterocycles. The van der Waals surface area contributed by atoms with E-state index in [0.29, 0.717) is 17.2 Å². The van der Waals surface area contributed by atoms with Crippen molar-refractivity contribution in [2.45, 2.75) is 26.7 Å². The first kappa shape index (κ1) is 17.0. The van der Waals surface area contributed by atoms with Gasteiger partial charge in [-0.05, 0) is 66.5 Å². The summed E-state index contributed by atoms with van der Waals surface area (Å²) in [6.07, 6.45) is 0. The second-order valence-corrected chi connectivity index (χ2v) is 6.17. The number of carbonyl (C=O) groups is 1. The molecule has 2 aromatic rings. The van der Waals surface area contributed by atoms with E-state index >= 15 is 0 Å². The number of thiocarbonyl (C=S) groups is 1. The van der Waals surface area contributed by atoms with Crippen LogP contribution in [0.4, 0.5) is 11.4 Å². The number of nitrogen functional groups attached to an aromatic ring is 1. The van der Waals surface area contributed by atoms with Crippen LogP contribution in [0.3, 0.4) is 0 Å². The highest BCUT2D eigenvalue weighted by molar-refractivity contribution is 7.80. The lowest BCUT2D eigenvalue weighted by Crippen LogP contribution is -2.34. The molecule has 0 atom stereocenters. The Bertz CT molecular complexity index is 724. The van der Waals surface area contributed by atoms with Gasteiger partial charge in [0.25, 0.3) is 5.91 Å². The summed E-state index contributed by atoms with van der Waals surface area (Å²) in [5.41, 5.74) is 9.96. The lowest BCUT2D eigenvalue weighted by molar-refractivity contribution is 0.0977. The summed E-state index contributed by atoms with van der Waals surface area (Å²) in [7, 11) is 0. The zero-order valence-electron chi connectivity index (χ0n) is 13.5. The van der Waals surface area contributed by atoms with Crippen molar-refractivity contribution in [2.24, 2.45) is 0 Å². The summed E-state index contributed by atoms with van der Waals surface area (Å²) in [6.45, 7) is 6.15. The number of hydrogen-bond donors (Lipinski definition) is 3. The van der Waals surface area contributed by atoms with Crippen molar-refractivity contribution in [3.63, 3.8) is 0 Å². The topological polar surface area (TPSA) is 67.2 Å². The predicted molar refractivity (Wildman–Crippen MR) is 99.8 cm³/mol. The van der Waals surface area contributed by atoms with Gasteiger partial charge in [-0.15, -0.1) is 0 Å². The van der Waals surface area contributed by atoms with E-state index in [1.807, 2.05) is 43.3 Å². The quantitative estimate of drug-likeness (QED) is 0.592. The zero-order chi connectivity index (χ0) is 17.0. The molecule has 0 spiro atoms. The summed E-state index contributed by atoms with van der Waals surface area (Å²) in [6, 6.07) is 13.0. The zero-order valence-corrected chi connectivity index (χ0v) is 14.3. The normalized spacial score (nSPS) is 10.4. The lowest BCUT2D eigenvalue weighted by atomic mass is 10.0. The van der Waals surface area contributed by atoms with Gasteiger partial charge < -0.3 is 11.1 Å². The molecule has 0 saturated carbocycles. The van der Waals surface area contributed by atoms with E-state index in [1.54, 1.807) is 6.07 Å². The van der Waals surface area contributed by atoms with Crippen molar-refractivity contribution in [2.75, 3.05) is 11.1 Å². The molecule has 23 heavy (non-hydrogen) atoms. The van der Waals surface area contributed by atoms with Crippen LogP contribution in [0.25, 0.3) is 0 Å². The van der Waals surface area contributed by atoms with Crippen LogP contribution >= 0.6 is 12.2 Å². The van der Waals surface area contributed by atoms with E-state index in [1.165, 1.54) is 5.56 Å². The maximum Gasteiger partial charge on any atom is 0.257 e. The van der Waals surface area contributed by atoms with Gasteiger partial charge in [-0.3, -0.25) is 10.1 Å². The van der Waals surface area contributed by atoms with Crippen molar-refractivity contribution < 1.29 is 4.79 Å². The SMILES string of the molecule is Cc1cc(N)ccc1NC(=S)NC(=O)c1ccc(C(C)C)cc1. The van der Waals surface area contributed by atoms with Crippen LogP contribution < -0.4 is 16.4 Å². The lowest BCUT2D eigenvalue weighted by Gasteiger charge is -2.12. The summed E-state index contributed by atoms with van der Waals surface area (Å²) >= 11 is 5.20. The monoisotopic (exact) mass is 327 g/mol. The average molecular weight is 327 g/mol. The van der Waals surface area contributed by atoms with Gasteiger partial charge in [0.2, 0.25) is 0 Å². The number of nitrogens with two attached hydrogens (primary N) is 1. The first-order valence-corrected chi connectivity index (χ1v) is 7.86. The van der Waals surface area contributed by atoms with Crippen molar-refractivity contribution in [3.05, 3.63) is 59.2 Å². The highest BCUT2D eigenvalue weighted by Crippen LogP contribution is 2.18. The van der Waals surface area contributed by atoms with Gasteiger partial charge in [0.15, 0.2) is 5.11 Å². The standard InChI is InChI=1S/C18H21N3OS/c1-11(2)13-4-6-14(7-5-13)17(22)21-18(23)20-16-9-8-15(19)10-12(16)3/h4-11H,19H2,1-3H3,(H2,20,21,22,23). The summed E-state index contributed by atoms with van der Waals surface area (Å²) < 4.78 is 0. The third-order valence-corrected chi connectivity index (χ3v) is 3.77. The van der Waals surface area contributed by atoms with Gasteiger partial charge in [0, 0.05) is 16.9 Å². The van der Waals surface area contributed by atoms with E-state index in [9.17, 15) is 4.79 Å². The van der Waals surface area contributed by atoms with Crippen molar-refractivity contribution in [3.8, 4) is 0 Å². The Kier molecular flexibility index (Phi) is 5.34. The highest BCUT2D eigenvalue weighted by atomic mass is 32.1. The molecule has 0 bridgehead atoms. The Hall–Kier alpha value is -2.40. The average Bonchev–Trinajstić information content (AvgIpc) is 2.50. The number of nitrogens with one attached hydrogen (secondary N) is 2. The van der Waals surface area contributed by atoms with Crippen LogP contribution in [-0.4, -0.2) is 11.0 Å². The number of benzene rings is 2. The molecule has 0 aliphatic rings. The molecule has 2 rings (SSSR count). The Labute approximate surface area is 142 Å². The number of aryl methyl sites for hydroxylation is 1. The molecular weight excluding hydrogens is 306 g/mol. The minimum absolute atomic E-state index is 0.231. The second kappa shape index (κ2) is 7.24. The number of rotatable bonds is 3. The van der Waals surface area contributed by atoms with Gasteiger partial charge in [0.05, 0.1) is 0 Å². The van der Waals surface area contributed by atoms with E-state index in [-0.39, 0.29) is 11.0 Å². The third kappa shape index (κ3) is 4.53. The molecule has 0 unspecified atom stereocenters. The fourth-order valence-electron chi connectivity index (χ4n) is 2.18. The van der Waals surface area contributed by atoms with Gasteiger partial charge in [-0.1, -0.05) is 26.0 Å². The molecule has 4 N–H and O–H groups in total. The van der Waals surface area contributed by atoms with Crippen molar-refractivity contribution in [1.29, 1.82) is 0 Å². The molecule has 0 aromatic heterocycles. The van der Waals surface area contributed by atoms with Crippen molar-refractivity contribution in [1.82, 2.24) is 5.32 Å². The van der Waals surface area contributed by atoms with E-state index in [4.69, 9.17) is 18.0 Å². The molecule has 0 aliphatic carbocycles. The van der Waals surface area contributed by atoms with Crippen LogP contribution in [0, 0.1) is 6.92 Å². The summed E-state index contributed by atoms with van der Waals surface area (Å²) in [5, 5.41) is 5.96. The van der Waals surface area contributed by atoms with Gasteiger partial charge in [0.1, 0.15) is 0 Å². The largest absolute Gasteiger partial charge is 0.399 e. The van der Waals surface area contributed by atoms with Crippen LogP contribution in [0.5, 0.6) is 0 Å². The van der Waals surface area contributed by atoms with Crippen LogP contribution in [0.2, 0.25) is 0 Å². The van der Waals surface area contributed by atoms with E-state index in [0.717, 1.165) is 11.3 Å².